The van der Waals surface area contributed by atoms with E-state index in [4.69, 9.17) is 5.11 Å². The molecule has 3 heterocycles. The number of carbonyl (C=O) groups excluding carboxylic acids is 1. The molecule has 1 saturated heterocycles. The normalized spacial score (nSPS) is 24.3. The fraction of sp³-hybridized carbons (Fsp3) is 0.417. The van der Waals surface area contributed by atoms with E-state index in [-0.39, 0.29) is 16.6 Å². The number of aromatic amines is 1. The van der Waals surface area contributed by atoms with Crippen molar-refractivity contribution in [3.8, 4) is 0 Å². The third-order valence-corrected chi connectivity index (χ3v) is 6.90. The zero-order valence-electron chi connectivity index (χ0n) is 12.7. The molecule has 0 aliphatic carbocycles. The van der Waals surface area contributed by atoms with Crippen LogP contribution in [-0.2, 0) is 26.5 Å². The first kappa shape index (κ1) is 17.4. The van der Waals surface area contributed by atoms with Gasteiger partial charge in [-0.3, -0.25) is 29.1 Å². The van der Waals surface area contributed by atoms with E-state index in [9.17, 15) is 27.6 Å². The number of thioether (sulfide) groups is 1. The van der Waals surface area contributed by atoms with Crippen LogP contribution < -0.4 is 11.1 Å². The van der Waals surface area contributed by atoms with E-state index in [2.05, 4.69) is 10.1 Å². The number of sulfone groups is 1. The molecule has 1 fully saturated rings. The number of aliphatic carboxylic acids is 1. The van der Waals surface area contributed by atoms with E-state index in [1.165, 1.54) is 11.7 Å². The zero-order chi connectivity index (χ0) is 18.5. The number of aryl methyl sites for hydroxylation is 1. The average molecular weight is 388 g/mol. The van der Waals surface area contributed by atoms with Gasteiger partial charge in [-0.05, 0) is 6.08 Å². The predicted octanol–water partition coefficient (Wildman–Crippen LogP) is -2.26. The van der Waals surface area contributed by atoms with Gasteiger partial charge < -0.3 is 5.11 Å². The summed E-state index contributed by atoms with van der Waals surface area (Å²) in [5, 5.41) is 10.2. The second kappa shape index (κ2) is 5.84. The van der Waals surface area contributed by atoms with E-state index in [0.717, 1.165) is 22.7 Å². The second-order valence-corrected chi connectivity index (χ2v) is 8.57. The van der Waals surface area contributed by atoms with Crippen LogP contribution in [0.2, 0.25) is 0 Å². The number of rotatable bonds is 4. The van der Waals surface area contributed by atoms with Crippen LogP contribution in [0.1, 0.15) is 0 Å². The molecule has 134 valence electrons. The molecule has 0 radical (unpaired) electrons. The van der Waals surface area contributed by atoms with Gasteiger partial charge >= 0.3 is 17.1 Å². The van der Waals surface area contributed by atoms with Gasteiger partial charge in [0.2, 0.25) is 5.91 Å². The van der Waals surface area contributed by atoms with Crippen LogP contribution >= 0.6 is 11.8 Å². The SMILES string of the molecule is Cn1[nH]c(=O)c(=O)nc1SCC1C(=O)N2C(C(=O)O)=CCS(=O)(=O)[C@@H]12. The van der Waals surface area contributed by atoms with E-state index >= 15 is 0 Å². The van der Waals surface area contributed by atoms with Crippen molar-refractivity contribution in [3.05, 3.63) is 32.5 Å². The van der Waals surface area contributed by atoms with Crippen LogP contribution in [-0.4, -0.2) is 61.9 Å². The standard InChI is InChI=1S/C12H12N4O7S2/c1-15-12(13-7(17)8(18)14-15)24-4-5-9(19)16-6(11(20)21)2-3-25(22,23)10(5)16/h2,5,10H,3-4H2,1H3,(H,14,18)(H,20,21)/t5?,10-/m0/s1. The molecule has 0 spiro atoms. The molecule has 13 heteroatoms. The molecule has 2 aliphatic rings. The van der Waals surface area contributed by atoms with Gasteiger partial charge in [-0.25, -0.2) is 13.2 Å². The van der Waals surface area contributed by atoms with E-state index in [1.807, 2.05) is 0 Å². The summed E-state index contributed by atoms with van der Waals surface area (Å²) in [4.78, 5) is 50.2. The smallest absolute Gasteiger partial charge is 0.352 e. The van der Waals surface area contributed by atoms with Crippen molar-refractivity contribution >= 4 is 33.5 Å². The number of hydrogen-bond acceptors (Lipinski definition) is 8. The largest absolute Gasteiger partial charge is 0.477 e. The van der Waals surface area contributed by atoms with Crippen LogP contribution in [0.3, 0.4) is 0 Å². The second-order valence-electron chi connectivity index (χ2n) is 5.44. The minimum absolute atomic E-state index is 0.0293. The number of β-lactam (4-membered cyclic amide) rings is 1. The molecule has 3 rings (SSSR count). The van der Waals surface area contributed by atoms with Crippen molar-refractivity contribution < 1.29 is 23.1 Å². The van der Waals surface area contributed by atoms with E-state index in [0.29, 0.717) is 0 Å². The number of amides is 1. The molecule has 1 amide bonds. The summed E-state index contributed by atoms with van der Waals surface area (Å²) in [5.41, 5.74) is -2.24. The van der Waals surface area contributed by atoms with Crippen LogP contribution in [0.4, 0.5) is 0 Å². The number of carboxylic acids is 1. The molecule has 1 aromatic heterocycles. The Morgan fingerprint density at radius 3 is 2.76 bits per heavy atom. The lowest BCUT2D eigenvalue weighted by Crippen LogP contribution is -2.66. The molecule has 25 heavy (non-hydrogen) atoms. The lowest BCUT2D eigenvalue weighted by Gasteiger charge is -2.47. The van der Waals surface area contributed by atoms with Crippen molar-refractivity contribution in [2.75, 3.05) is 11.5 Å². The Morgan fingerprint density at radius 1 is 1.44 bits per heavy atom. The van der Waals surface area contributed by atoms with Crippen molar-refractivity contribution in [1.82, 2.24) is 19.7 Å². The molecular formula is C12H12N4O7S2. The summed E-state index contributed by atoms with van der Waals surface area (Å²) in [6.45, 7) is 0. The minimum Gasteiger partial charge on any atom is -0.477 e. The topological polar surface area (TPSA) is 160 Å². The summed E-state index contributed by atoms with van der Waals surface area (Å²) in [5.74, 6) is -3.44. The Hall–Kier alpha value is -2.41. The first-order chi connectivity index (χ1) is 11.6. The fourth-order valence-electron chi connectivity index (χ4n) is 2.68. The number of nitrogens with one attached hydrogen (secondary N) is 1. The number of fused-ring (bicyclic) bond motifs is 1. The Kier molecular flexibility index (Phi) is 4.07. The summed E-state index contributed by atoms with van der Waals surface area (Å²) >= 11 is 0.927. The van der Waals surface area contributed by atoms with Gasteiger partial charge in [0, 0.05) is 12.8 Å². The fourth-order valence-corrected chi connectivity index (χ4v) is 5.68. The van der Waals surface area contributed by atoms with Crippen molar-refractivity contribution in [2.24, 2.45) is 13.0 Å². The van der Waals surface area contributed by atoms with Gasteiger partial charge in [0.1, 0.15) is 5.70 Å². The molecule has 0 saturated carbocycles. The van der Waals surface area contributed by atoms with Gasteiger partial charge in [0.15, 0.2) is 20.4 Å². The Labute approximate surface area is 144 Å². The maximum absolute atomic E-state index is 12.2. The first-order valence-electron chi connectivity index (χ1n) is 6.91. The third kappa shape index (κ3) is 2.78. The highest BCUT2D eigenvalue weighted by atomic mass is 32.2. The van der Waals surface area contributed by atoms with E-state index < -0.39 is 49.9 Å². The first-order valence-corrected chi connectivity index (χ1v) is 9.62. The molecule has 2 N–H and O–H groups in total. The summed E-state index contributed by atoms with van der Waals surface area (Å²) in [7, 11) is -2.26. The molecule has 1 aromatic rings. The van der Waals surface area contributed by atoms with Crippen molar-refractivity contribution in [2.45, 2.75) is 10.5 Å². The highest BCUT2D eigenvalue weighted by Crippen LogP contribution is 2.40. The molecule has 11 nitrogen and oxygen atoms in total. The van der Waals surface area contributed by atoms with Crippen LogP contribution in [0.5, 0.6) is 0 Å². The van der Waals surface area contributed by atoms with Gasteiger partial charge in [0.05, 0.1) is 11.7 Å². The Bertz CT molecular complexity index is 1020. The quantitative estimate of drug-likeness (QED) is 0.330. The predicted molar refractivity (Wildman–Crippen MR) is 84.5 cm³/mol. The van der Waals surface area contributed by atoms with Gasteiger partial charge in [-0.15, -0.1) is 0 Å². The lowest BCUT2D eigenvalue weighted by molar-refractivity contribution is -0.151. The summed E-state index contributed by atoms with van der Waals surface area (Å²) < 4.78 is 25.6. The van der Waals surface area contributed by atoms with Crippen LogP contribution in [0, 0.1) is 5.92 Å². The van der Waals surface area contributed by atoms with E-state index in [1.54, 1.807) is 0 Å². The maximum atomic E-state index is 12.2. The van der Waals surface area contributed by atoms with Crippen molar-refractivity contribution in [3.63, 3.8) is 0 Å². The number of carbonyl (C=O) groups is 2. The minimum atomic E-state index is -3.70. The average Bonchev–Trinajstić information content (AvgIpc) is 2.51. The molecule has 2 aliphatic heterocycles. The highest BCUT2D eigenvalue weighted by Gasteiger charge is 2.58. The molecule has 2 atom stereocenters. The third-order valence-electron chi connectivity index (χ3n) is 3.85. The monoisotopic (exact) mass is 388 g/mol. The number of H-pyrrole nitrogens is 1. The van der Waals surface area contributed by atoms with Crippen LogP contribution in [0.15, 0.2) is 26.5 Å². The Balaban J connectivity index is 1.84. The number of hydrogen-bond donors (Lipinski definition) is 2. The van der Waals surface area contributed by atoms with Gasteiger partial charge in [0.25, 0.3) is 0 Å². The summed E-state index contributed by atoms with van der Waals surface area (Å²) in [6.07, 6.45) is 1.00. The Morgan fingerprint density at radius 2 is 2.12 bits per heavy atom. The highest BCUT2D eigenvalue weighted by molar-refractivity contribution is 7.99. The molecule has 0 bridgehead atoms. The number of nitrogens with zero attached hydrogens (tertiary/aromatic N) is 3. The van der Waals surface area contributed by atoms with Gasteiger partial charge in [-0.2, -0.15) is 4.98 Å². The number of aromatic nitrogens is 3. The molecular weight excluding hydrogens is 376 g/mol. The maximum Gasteiger partial charge on any atom is 0.352 e. The number of carboxylic acid groups (broad SMARTS) is 1. The summed E-state index contributed by atoms with van der Waals surface area (Å²) in [6, 6.07) is 0. The van der Waals surface area contributed by atoms with Crippen molar-refractivity contribution in [1.29, 1.82) is 0 Å². The molecule has 0 aromatic carbocycles. The zero-order valence-corrected chi connectivity index (χ0v) is 14.3. The lowest BCUT2D eigenvalue weighted by atomic mass is 9.99. The van der Waals surface area contributed by atoms with Gasteiger partial charge in [-0.1, -0.05) is 11.8 Å². The van der Waals surface area contributed by atoms with Crippen LogP contribution in [0.25, 0.3) is 0 Å². The molecule has 1 unspecified atom stereocenters.